The molecule has 11 nitrogen and oxygen atoms in total. The highest BCUT2D eigenvalue weighted by molar-refractivity contribution is 5.94. The number of pyridine rings is 3. The molecular formula is C27H26FN9O2. The number of ether oxygens (including phenoxy) is 1. The minimum Gasteiger partial charge on any atom is -0.481 e. The Labute approximate surface area is 223 Å². The van der Waals surface area contributed by atoms with Gasteiger partial charge in [-0.05, 0) is 43.7 Å². The molecule has 0 aliphatic rings. The summed E-state index contributed by atoms with van der Waals surface area (Å²) in [6, 6.07) is 9.98. The molecule has 0 saturated heterocycles. The van der Waals surface area contributed by atoms with Crippen molar-refractivity contribution in [3.05, 3.63) is 89.5 Å². The first-order valence-electron chi connectivity index (χ1n) is 11.7. The van der Waals surface area contributed by atoms with E-state index < -0.39 is 11.7 Å². The van der Waals surface area contributed by atoms with E-state index in [-0.39, 0.29) is 35.3 Å². The number of hydrogen-bond acceptors (Lipinski definition) is 9. The van der Waals surface area contributed by atoms with Gasteiger partial charge in [0.25, 0.3) is 5.91 Å². The second-order valence-electron chi connectivity index (χ2n) is 8.49. The average Bonchev–Trinajstić information content (AvgIpc) is 2.91. The summed E-state index contributed by atoms with van der Waals surface area (Å²) >= 11 is 0. The van der Waals surface area contributed by atoms with Crippen LogP contribution in [0.4, 0.5) is 10.2 Å². The molecule has 0 spiro atoms. The zero-order chi connectivity index (χ0) is 27.9. The lowest BCUT2D eigenvalue weighted by molar-refractivity contribution is 0.0941. The van der Waals surface area contributed by atoms with Crippen molar-refractivity contribution in [3.8, 4) is 28.5 Å². The second-order valence-corrected chi connectivity index (χ2v) is 8.49. The van der Waals surface area contributed by atoms with Gasteiger partial charge in [-0.25, -0.2) is 29.3 Å². The van der Waals surface area contributed by atoms with Crippen molar-refractivity contribution < 1.29 is 13.9 Å². The average molecular weight is 528 g/mol. The molecule has 4 aromatic heterocycles. The third-order valence-corrected chi connectivity index (χ3v) is 5.29. The molecular weight excluding hydrogens is 501 g/mol. The van der Waals surface area contributed by atoms with Crippen LogP contribution >= 0.6 is 0 Å². The maximum atomic E-state index is 14.9. The van der Waals surface area contributed by atoms with Crippen molar-refractivity contribution in [2.24, 2.45) is 16.5 Å². The molecule has 0 atom stereocenters. The van der Waals surface area contributed by atoms with E-state index in [4.69, 9.17) is 16.2 Å². The number of allylic oxidation sites excluding steroid dienone is 1. The van der Waals surface area contributed by atoms with Crippen molar-refractivity contribution in [2.45, 2.75) is 20.4 Å². The molecule has 5 N–H and O–H groups in total. The number of carbonyl (C=O) groups excluding carboxylic acids is 1. The lowest BCUT2D eigenvalue weighted by Crippen LogP contribution is -2.25. The Morgan fingerprint density at radius 3 is 2.49 bits per heavy atom. The fraction of sp³-hybridized carbons (Fsp3) is 0.148. The Morgan fingerprint density at radius 2 is 1.85 bits per heavy atom. The van der Waals surface area contributed by atoms with Gasteiger partial charge >= 0.3 is 0 Å². The van der Waals surface area contributed by atoms with Crippen LogP contribution in [-0.2, 0) is 6.54 Å². The Morgan fingerprint density at radius 1 is 1.05 bits per heavy atom. The van der Waals surface area contributed by atoms with Gasteiger partial charge in [-0.1, -0.05) is 6.07 Å². The summed E-state index contributed by atoms with van der Waals surface area (Å²) in [6.07, 6.45) is 6.10. The minimum absolute atomic E-state index is 0.135. The maximum Gasteiger partial charge on any atom is 0.273 e. The van der Waals surface area contributed by atoms with E-state index in [1.807, 2.05) is 12.1 Å². The summed E-state index contributed by atoms with van der Waals surface area (Å²) in [5, 5.41) is 2.66. The van der Waals surface area contributed by atoms with Crippen molar-refractivity contribution in [1.82, 2.24) is 30.2 Å². The van der Waals surface area contributed by atoms with E-state index in [0.717, 1.165) is 17.2 Å². The number of amides is 1. The second kappa shape index (κ2) is 11.9. The van der Waals surface area contributed by atoms with Gasteiger partial charge in [0.2, 0.25) is 5.88 Å². The monoisotopic (exact) mass is 527 g/mol. The van der Waals surface area contributed by atoms with Crippen LogP contribution in [0.15, 0.2) is 71.8 Å². The third-order valence-electron chi connectivity index (χ3n) is 5.29. The predicted molar refractivity (Wildman–Crippen MR) is 144 cm³/mol. The number of nitrogens with one attached hydrogen (secondary N) is 1. The van der Waals surface area contributed by atoms with Crippen LogP contribution in [0.1, 0.15) is 28.7 Å². The lowest BCUT2D eigenvalue weighted by Gasteiger charge is -2.08. The summed E-state index contributed by atoms with van der Waals surface area (Å²) < 4.78 is 19.9. The summed E-state index contributed by atoms with van der Waals surface area (Å²) in [7, 11) is 1.55. The standard InChI is InChI=1S/C27H26FN9O2/c1-15(29)8-22(30)36-23-9-16(2)35-26(37-23)19-10-20(28)25(33-14-19)27(38)34-12-17-4-6-21(31-11-17)18-5-7-24(39-3)32-13-18/h4-11,13-14H,12,29H2,1-3H3,(H,34,38)(H2,30,35,36,37)/b15-8-. The number of aryl methyl sites for hydroxylation is 1. The summed E-state index contributed by atoms with van der Waals surface area (Å²) in [5.74, 6) is -0.354. The molecule has 4 rings (SSSR count). The van der Waals surface area contributed by atoms with Crippen molar-refractivity contribution >= 4 is 17.6 Å². The van der Waals surface area contributed by atoms with Crippen LogP contribution in [0.25, 0.3) is 22.6 Å². The number of rotatable bonds is 8. The molecule has 0 bridgehead atoms. The van der Waals surface area contributed by atoms with Crippen LogP contribution < -0.4 is 21.5 Å². The van der Waals surface area contributed by atoms with Crippen LogP contribution in [0, 0.1) is 12.7 Å². The Hall–Kier alpha value is -5.26. The number of methoxy groups -OCH3 is 1. The van der Waals surface area contributed by atoms with Gasteiger partial charge in [-0.2, -0.15) is 0 Å². The third kappa shape index (κ3) is 6.95. The molecule has 4 aromatic rings. The molecule has 198 valence electrons. The van der Waals surface area contributed by atoms with Crippen molar-refractivity contribution in [2.75, 3.05) is 7.11 Å². The Kier molecular flexibility index (Phi) is 8.15. The number of aromatic nitrogens is 5. The van der Waals surface area contributed by atoms with E-state index in [9.17, 15) is 9.18 Å². The van der Waals surface area contributed by atoms with E-state index in [2.05, 4.69) is 35.2 Å². The molecule has 0 saturated carbocycles. The van der Waals surface area contributed by atoms with Crippen molar-refractivity contribution in [1.29, 1.82) is 0 Å². The highest BCUT2D eigenvalue weighted by atomic mass is 19.1. The molecule has 12 heteroatoms. The largest absolute Gasteiger partial charge is 0.481 e. The topological polar surface area (TPSA) is 167 Å². The molecule has 0 radical (unpaired) electrons. The number of nitrogens with two attached hydrogens (primary N) is 2. The first kappa shape index (κ1) is 26.8. The van der Waals surface area contributed by atoms with E-state index >= 15 is 0 Å². The van der Waals surface area contributed by atoms with Gasteiger partial charge in [-0.15, -0.1) is 0 Å². The highest BCUT2D eigenvalue weighted by Gasteiger charge is 2.16. The molecule has 4 heterocycles. The van der Waals surface area contributed by atoms with E-state index in [1.54, 1.807) is 51.6 Å². The van der Waals surface area contributed by atoms with Gasteiger partial charge in [0.05, 0.1) is 12.8 Å². The summed E-state index contributed by atoms with van der Waals surface area (Å²) in [4.78, 5) is 38.0. The van der Waals surface area contributed by atoms with Gasteiger partial charge in [0.1, 0.15) is 5.84 Å². The molecule has 0 fully saturated rings. The predicted octanol–water partition coefficient (Wildman–Crippen LogP) is 3.23. The Balaban J connectivity index is 1.44. The van der Waals surface area contributed by atoms with E-state index in [0.29, 0.717) is 23.0 Å². The first-order valence-corrected chi connectivity index (χ1v) is 11.7. The molecule has 0 aliphatic heterocycles. The molecule has 39 heavy (non-hydrogen) atoms. The Bertz CT molecular complexity index is 1550. The minimum atomic E-state index is -0.818. The highest BCUT2D eigenvalue weighted by Crippen LogP contribution is 2.21. The molecule has 0 unspecified atom stereocenters. The number of aliphatic imine (C=N–C) groups is 1. The smallest absolute Gasteiger partial charge is 0.273 e. The van der Waals surface area contributed by atoms with Gasteiger partial charge in [0, 0.05) is 59.8 Å². The van der Waals surface area contributed by atoms with Crippen LogP contribution in [0.5, 0.6) is 5.88 Å². The van der Waals surface area contributed by atoms with Crippen LogP contribution in [0.3, 0.4) is 0 Å². The van der Waals surface area contributed by atoms with Crippen LogP contribution in [-0.4, -0.2) is 43.8 Å². The first-order chi connectivity index (χ1) is 18.7. The fourth-order valence-corrected chi connectivity index (χ4v) is 3.48. The van der Waals surface area contributed by atoms with E-state index in [1.165, 1.54) is 12.3 Å². The number of hydrogen-bond donors (Lipinski definition) is 3. The van der Waals surface area contributed by atoms with Gasteiger partial charge < -0.3 is 21.5 Å². The normalized spacial score (nSPS) is 11.8. The number of halogens is 1. The quantitative estimate of drug-likeness (QED) is 0.230. The van der Waals surface area contributed by atoms with Gasteiger partial charge in [0.15, 0.2) is 23.2 Å². The number of carbonyl (C=O) groups is 1. The molecule has 0 aromatic carbocycles. The molecule has 1 amide bonds. The summed E-state index contributed by atoms with van der Waals surface area (Å²) in [5.41, 5.74) is 14.7. The summed E-state index contributed by atoms with van der Waals surface area (Å²) in [6.45, 7) is 3.56. The van der Waals surface area contributed by atoms with Gasteiger partial charge in [-0.3, -0.25) is 9.78 Å². The lowest BCUT2D eigenvalue weighted by atomic mass is 10.1. The maximum absolute atomic E-state index is 14.9. The van der Waals surface area contributed by atoms with Crippen molar-refractivity contribution in [3.63, 3.8) is 0 Å². The number of amidine groups is 1. The zero-order valence-corrected chi connectivity index (χ0v) is 21.5. The number of nitrogens with zero attached hydrogens (tertiary/aromatic N) is 6. The SMILES string of the molecule is COc1ccc(-c2ccc(CNC(=O)c3ncc(-c4nc(C)cc(N=C(N)/C=C(/C)N)n4)cc3F)cn2)cn1. The van der Waals surface area contributed by atoms with Crippen LogP contribution in [0.2, 0.25) is 0 Å². The fourth-order valence-electron chi connectivity index (χ4n) is 3.48. The zero-order valence-electron chi connectivity index (χ0n) is 21.5. The molecule has 0 aliphatic carbocycles.